The van der Waals surface area contributed by atoms with Gasteiger partial charge in [0.15, 0.2) is 0 Å². The van der Waals surface area contributed by atoms with E-state index in [1.807, 2.05) is 0 Å². The lowest BCUT2D eigenvalue weighted by Crippen LogP contribution is -2.41. The standard InChI is InChI=1S/C17H31NO/c1-3-16-15(12-13-19-16)17(18-4-2)14-10-8-6-5-7-9-11-14/h10,15-18H,3-9,11-13H2,1-2H3. The third-order valence-electron chi connectivity index (χ3n) is 4.74. The predicted molar refractivity (Wildman–Crippen MR) is 81.4 cm³/mol. The number of likely N-dealkylation sites (N-methyl/N-ethyl adjacent to an activating group) is 1. The van der Waals surface area contributed by atoms with Gasteiger partial charge in [0, 0.05) is 18.6 Å². The van der Waals surface area contributed by atoms with Gasteiger partial charge >= 0.3 is 0 Å². The van der Waals surface area contributed by atoms with Crippen LogP contribution in [0.1, 0.15) is 65.2 Å². The Labute approximate surface area is 119 Å². The van der Waals surface area contributed by atoms with Gasteiger partial charge in [0.05, 0.1) is 6.10 Å². The normalized spacial score (nSPS) is 30.5. The summed E-state index contributed by atoms with van der Waals surface area (Å²) in [5, 5.41) is 3.76. The van der Waals surface area contributed by atoms with Crippen LogP contribution in [0.15, 0.2) is 11.6 Å². The van der Waals surface area contributed by atoms with Crippen molar-refractivity contribution in [2.45, 2.75) is 77.4 Å². The van der Waals surface area contributed by atoms with Crippen LogP contribution in [0.4, 0.5) is 0 Å². The maximum absolute atomic E-state index is 5.92. The zero-order valence-electron chi connectivity index (χ0n) is 12.8. The Kier molecular flexibility index (Phi) is 6.39. The van der Waals surface area contributed by atoms with Crippen molar-refractivity contribution in [1.29, 1.82) is 0 Å². The molecule has 3 atom stereocenters. The fourth-order valence-electron chi connectivity index (χ4n) is 3.74. The van der Waals surface area contributed by atoms with Crippen molar-refractivity contribution in [2.24, 2.45) is 5.92 Å². The molecule has 110 valence electrons. The van der Waals surface area contributed by atoms with Crippen LogP contribution >= 0.6 is 0 Å². The lowest BCUT2D eigenvalue weighted by atomic mass is 9.83. The van der Waals surface area contributed by atoms with Gasteiger partial charge in [-0.15, -0.1) is 0 Å². The minimum Gasteiger partial charge on any atom is -0.378 e. The van der Waals surface area contributed by atoms with Gasteiger partial charge in [0.1, 0.15) is 0 Å². The fourth-order valence-corrected chi connectivity index (χ4v) is 3.74. The minimum absolute atomic E-state index is 0.468. The van der Waals surface area contributed by atoms with Crippen LogP contribution in [0.3, 0.4) is 0 Å². The van der Waals surface area contributed by atoms with Crippen molar-refractivity contribution in [2.75, 3.05) is 13.2 Å². The molecule has 2 nitrogen and oxygen atoms in total. The van der Waals surface area contributed by atoms with Crippen molar-refractivity contribution >= 4 is 0 Å². The summed E-state index contributed by atoms with van der Waals surface area (Å²) in [6.45, 7) is 6.51. The Bertz CT molecular complexity index is 287. The van der Waals surface area contributed by atoms with Gasteiger partial charge in [-0.2, -0.15) is 0 Å². The van der Waals surface area contributed by atoms with Gasteiger partial charge in [-0.1, -0.05) is 38.3 Å². The molecule has 19 heavy (non-hydrogen) atoms. The summed E-state index contributed by atoms with van der Waals surface area (Å²) in [4.78, 5) is 0. The van der Waals surface area contributed by atoms with Crippen molar-refractivity contribution in [3.05, 3.63) is 11.6 Å². The first-order valence-electron chi connectivity index (χ1n) is 8.40. The minimum atomic E-state index is 0.468. The third kappa shape index (κ3) is 4.06. The summed E-state index contributed by atoms with van der Waals surface area (Å²) in [5.41, 5.74) is 1.68. The van der Waals surface area contributed by atoms with Crippen LogP contribution in [0.25, 0.3) is 0 Å². The van der Waals surface area contributed by atoms with Gasteiger partial charge < -0.3 is 10.1 Å². The second-order valence-electron chi connectivity index (χ2n) is 6.04. The molecule has 1 aliphatic carbocycles. The second kappa shape index (κ2) is 8.06. The highest BCUT2D eigenvalue weighted by Gasteiger charge is 2.34. The Hall–Kier alpha value is -0.340. The van der Waals surface area contributed by atoms with E-state index in [2.05, 4.69) is 25.2 Å². The smallest absolute Gasteiger partial charge is 0.0619 e. The molecule has 0 bridgehead atoms. The maximum Gasteiger partial charge on any atom is 0.0619 e. The number of rotatable bonds is 5. The summed E-state index contributed by atoms with van der Waals surface area (Å²) in [7, 11) is 0. The molecule has 1 N–H and O–H groups in total. The molecule has 1 saturated heterocycles. The van der Waals surface area contributed by atoms with Crippen molar-refractivity contribution in [3.8, 4) is 0 Å². The number of hydrogen-bond acceptors (Lipinski definition) is 2. The van der Waals surface area contributed by atoms with Crippen molar-refractivity contribution in [3.63, 3.8) is 0 Å². The molecule has 0 spiro atoms. The second-order valence-corrected chi connectivity index (χ2v) is 6.04. The van der Waals surface area contributed by atoms with E-state index in [-0.39, 0.29) is 0 Å². The van der Waals surface area contributed by atoms with Crippen LogP contribution in [-0.2, 0) is 4.74 Å². The van der Waals surface area contributed by atoms with Crippen LogP contribution in [0.5, 0.6) is 0 Å². The third-order valence-corrected chi connectivity index (χ3v) is 4.74. The van der Waals surface area contributed by atoms with Crippen molar-refractivity contribution < 1.29 is 4.74 Å². The molecule has 0 saturated carbocycles. The lowest BCUT2D eigenvalue weighted by Gasteiger charge is -2.31. The Morgan fingerprint density at radius 2 is 2.11 bits per heavy atom. The summed E-state index contributed by atoms with van der Waals surface area (Å²) >= 11 is 0. The summed E-state index contributed by atoms with van der Waals surface area (Å²) in [6.07, 6.45) is 13.5. The summed E-state index contributed by atoms with van der Waals surface area (Å²) in [5.74, 6) is 0.690. The number of hydrogen-bond donors (Lipinski definition) is 1. The molecule has 1 aliphatic heterocycles. The van der Waals surface area contributed by atoms with Crippen molar-refractivity contribution in [1.82, 2.24) is 5.32 Å². The van der Waals surface area contributed by atoms with Gasteiger partial charge in [-0.25, -0.2) is 0 Å². The van der Waals surface area contributed by atoms with Gasteiger partial charge in [-0.3, -0.25) is 0 Å². The highest BCUT2D eigenvalue weighted by atomic mass is 16.5. The first-order chi connectivity index (χ1) is 9.36. The molecule has 0 aromatic heterocycles. The zero-order chi connectivity index (χ0) is 13.5. The van der Waals surface area contributed by atoms with Crippen LogP contribution in [0.2, 0.25) is 0 Å². The molecule has 2 heteroatoms. The largest absolute Gasteiger partial charge is 0.378 e. The average molecular weight is 265 g/mol. The van der Waals surface area contributed by atoms with E-state index in [9.17, 15) is 0 Å². The van der Waals surface area contributed by atoms with Crippen LogP contribution in [0, 0.1) is 5.92 Å². The molecule has 2 aliphatic rings. The first kappa shape index (κ1) is 15.1. The number of allylic oxidation sites excluding steroid dienone is 1. The maximum atomic E-state index is 5.92. The molecule has 3 unspecified atom stereocenters. The highest BCUT2D eigenvalue weighted by Crippen LogP contribution is 2.32. The van der Waals surface area contributed by atoms with Crippen LogP contribution in [-0.4, -0.2) is 25.3 Å². The fraction of sp³-hybridized carbons (Fsp3) is 0.882. The molecule has 0 radical (unpaired) electrons. The summed E-state index contributed by atoms with van der Waals surface area (Å²) in [6, 6.07) is 0.565. The lowest BCUT2D eigenvalue weighted by molar-refractivity contribution is 0.0806. The molecule has 1 fully saturated rings. The van der Waals surface area contributed by atoms with Crippen LogP contribution < -0.4 is 5.32 Å². The SMILES string of the molecule is CCNC(C1=CCCCCCC1)C1CCOC1CC. The monoisotopic (exact) mass is 265 g/mol. The van der Waals surface area contributed by atoms with Gasteiger partial charge in [0.25, 0.3) is 0 Å². The van der Waals surface area contributed by atoms with E-state index >= 15 is 0 Å². The Balaban J connectivity index is 2.08. The van der Waals surface area contributed by atoms with Gasteiger partial charge in [-0.05, 0) is 45.1 Å². The Morgan fingerprint density at radius 3 is 2.89 bits per heavy atom. The summed E-state index contributed by atoms with van der Waals surface area (Å²) < 4.78 is 5.92. The topological polar surface area (TPSA) is 21.3 Å². The number of nitrogens with one attached hydrogen (secondary N) is 1. The zero-order valence-corrected chi connectivity index (χ0v) is 12.8. The predicted octanol–water partition coefficient (Wildman–Crippen LogP) is 4.06. The first-order valence-corrected chi connectivity index (χ1v) is 8.40. The molecule has 2 rings (SSSR count). The van der Waals surface area contributed by atoms with Gasteiger partial charge in [0.2, 0.25) is 0 Å². The van der Waals surface area contributed by atoms with E-state index in [0.717, 1.165) is 19.6 Å². The quantitative estimate of drug-likeness (QED) is 0.757. The van der Waals surface area contributed by atoms with E-state index in [0.29, 0.717) is 18.1 Å². The molecular formula is C17H31NO. The number of ether oxygens (including phenoxy) is 1. The van der Waals surface area contributed by atoms with E-state index in [1.165, 1.54) is 44.9 Å². The van der Waals surface area contributed by atoms with E-state index in [1.54, 1.807) is 5.57 Å². The molecule has 0 aromatic rings. The van der Waals surface area contributed by atoms with E-state index < -0.39 is 0 Å². The average Bonchev–Trinajstić information content (AvgIpc) is 2.84. The molecule has 0 aromatic carbocycles. The Morgan fingerprint density at radius 1 is 1.26 bits per heavy atom. The molecule has 1 heterocycles. The van der Waals surface area contributed by atoms with E-state index in [4.69, 9.17) is 4.74 Å². The molecule has 0 amide bonds. The highest BCUT2D eigenvalue weighted by molar-refractivity contribution is 5.15. The molecular weight excluding hydrogens is 234 g/mol.